The molecule has 3 aromatic rings. The largest absolute Gasteiger partial charge is 0.497 e. The summed E-state index contributed by atoms with van der Waals surface area (Å²) in [6.45, 7) is 6.11. The number of hydrogen-bond donors (Lipinski definition) is 0. The van der Waals surface area contributed by atoms with E-state index in [0.717, 1.165) is 43.3 Å². The number of rotatable bonds is 6. The van der Waals surface area contributed by atoms with Crippen molar-refractivity contribution in [1.82, 2.24) is 4.68 Å². The molecule has 0 N–H and O–H groups in total. The van der Waals surface area contributed by atoms with E-state index in [-0.39, 0.29) is 6.04 Å². The Bertz CT molecular complexity index is 1080. The van der Waals surface area contributed by atoms with Gasteiger partial charge in [-0.3, -0.25) is 4.99 Å². The zero-order valence-electron chi connectivity index (χ0n) is 17.1. The van der Waals surface area contributed by atoms with E-state index in [1.165, 1.54) is 0 Å². The molecule has 1 aromatic heterocycles. The van der Waals surface area contributed by atoms with E-state index in [1.807, 2.05) is 54.1 Å². The summed E-state index contributed by atoms with van der Waals surface area (Å²) in [5, 5.41) is 6.97. The van der Waals surface area contributed by atoms with Crippen molar-refractivity contribution in [3.05, 3.63) is 62.7 Å². The quantitative estimate of drug-likeness (QED) is 0.438. The molecule has 152 valence electrons. The van der Waals surface area contributed by atoms with Gasteiger partial charge in [0.1, 0.15) is 11.5 Å². The number of halogens is 1. The fourth-order valence-electron chi connectivity index (χ4n) is 2.80. The minimum atomic E-state index is 0.156. The van der Waals surface area contributed by atoms with Gasteiger partial charge in [0.25, 0.3) is 0 Å². The van der Waals surface area contributed by atoms with Crippen LogP contribution in [-0.4, -0.2) is 30.6 Å². The molecule has 5 nitrogen and oxygen atoms in total. The third kappa shape index (κ3) is 4.97. The van der Waals surface area contributed by atoms with Crippen molar-refractivity contribution < 1.29 is 9.47 Å². The predicted molar refractivity (Wildman–Crippen MR) is 123 cm³/mol. The average Bonchev–Trinajstić information content (AvgIpc) is 3.09. The Labute approximate surface area is 183 Å². The summed E-state index contributed by atoms with van der Waals surface area (Å²) >= 11 is 5.04. The van der Waals surface area contributed by atoms with Gasteiger partial charge in [-0.2, -0.15) is 5.10 Å². The lowest BCUT2D eigenvalue weighted by Gasteiger charge is -2.12. The first-order valence-corrected chi connectivity index (χ1v) is 10.9. The third-order valence-corrected chi connectivity index (χ3v) is 5.61. The van der Waals surface area contributed by atoms with E-state index < -0.39 is 0 Å². The zero-order chi connectivity index (χ0) is 21.0. The van der Waals surface area contributed by atoms with Crippen molar-refractivity contribution in [3.8, 4) is 22.8 Å². The molecule has 0 aliphatic carbocycles. The summed E-state index contributed by atoms with van der Waals surface area (Å²) in [6.07, 6.45) is 0. The minimum absolute atomic E-state index is 0.156. The molecule has 0 atom stereocenters. The number of nitrogens with zero attached hydrogens (tertiary/aromatic N) is 3. The molecule has 3 rings (SSSR count). The molecule has 0 fully saturated rings. The van der Waals surface area contributed by atoms with Crippen molar-refractivity contribution in [2.75, 3.05) is 14.2 Å². The van der Waals surface area contributed by atoms with Crippen LogP contribution in [0.3, 0.4) is 0 Å². The first-order valence-electron chi connectivity index (χ1n) is 9.21. The fraction of sp³-hybridized carbons (Fsp3) is 0.273. The third-order valence-electron chi connectivity index (χ3n) is 4.25. The SMILES string of the molecule is COc1ccc(OC)c(-c2csc(=NC(C)C)n2N=C(C)c2ccc(Br)cc2)c1. The lowest BCUT2D eigenvalue weighted by Crippen LogP contribution is -2.16. The van der Waals surface area contributed by atoms with Crippen LogP contribution in [0.1, 0.15) is 26.3 Å². The maximum atomic E-state index is 5.60. The van der Waals surface area contributed by atoms with Gasteiger partial charge in [-0.25, -0.2) is 4.68 Å². The van der Waals surface area contributed by atoms with Crippen LogP contribution in [0.25, 0.3) is 11.3 Å². The van der Waals surface area contributed by atoms with Gasteiger partial charge in [0, 0.05) is 21.5 Å². The van der Waals surface area contributed by atoms with E-state index in [1.54, 1.807) is 25.6 Å². The highest BCUT2D eigenvalue weighted by atomic mass is 79.9. The van der Waals surface area contributed by atoms with Crippen LogP contribution in [0.5, 0.6) is 11.5 Å². The Morgan fingerprint density at radius 3 is 2.41 bits per heavy atom. The van der Waals surface area contributed by atoms with Gasteiger partial charge in [-0.05, 0) is 56.7 Å². The molecule has 2 aromatic carbocycles. The van der Waals surface area contributed by atoms with Crippen molar-refractivity contribution in [1.29, 1.82) is 0 Å². The highest BCUT2D eigenvalue weighted by Crippen LogP contribution is 2.33. The summed E-state index contributed by atoms with van der Waals surface area (Å²) in [6, 6.07) is 14.0. The minimum Gasteiger partial charge on any atom is -0.497 e. The second-order valence-electron chi connectivity index (χ2n) is 6.70. The fourth-order valence-corrected chi connectivity index (χ4v) is 4.02. The number of benzene rings is 2. The van der Waals surface area contributed by atoms with Gasteiger partial charge < -0.3 is 9.47 Å². The highest BCUT2D eigenvalue weighted by molar-refractivity contribution is 9.10. The second kappa shape index (κ2) is 9.41. The highest BCUT2D eigenvalue weighted by Gasteiger charge is 2.15. The van der Waals surface area contributed by atoms with Crippen molar-refractivity contribution in [2.45, 2.75) is 26.8 Å². The molecule has 0 aliphatic rings. The van der Waals surface area contributed by atoms with E-state index in [0.29, 0.717) is 0 Å². The molecule has 0 unspecified atom stereocenters. The van der Waals surface area contributed by atoms with Gasteiger partial charge in [0.15, 0.2) is 0 Å². The average molecular weight is 474 g/mol. The molecule has 0 aliphatic heterocycles. The van der Waals surface area contributed by atoms with Crippen LogP contribution in [0, 0.1) is 0 Å². The Hall–Kier alpha value is -2.38. The maximum Gasteiger partial charge on any atom is 0.206 e. The summed E-state index contributed by atoms with van der Waals surface area (Å²) in [5.41, 5.74) is 3.75. The first kappa shape index (κ1) is 21.3. The Morgan fingerprint density at radius 1 is 1.07 bits per heavy atom. The number of hydrogen-bond acceptors (Lipinski definition) is 5. The van der Waals surface area contributed by atoms with E-state index in [9.17, 15) is 0 Å². The van der Waals surface area contributed by atoms with Gasteiger partial charge in [-0.15, -0.1) is 11.3 Å². The maximum absolute atomic E-state index is 5.60. The molecule has 7 heteroatoms. The van der Waals surface area contributed by atoms with Crippen LogP contribution in [0.15, 0.2) is 62.4 Å². The van der Waals surface area contributed by atoms with Gasteiger partial charge in [-0.1, -0.05) is 28.1 Å². The summed E-state index contributed by atoms with van der Waals surface area (Å²) in [4.78, 5) is 5.59. The predicted octanol–water partition coefficient (Wildman–Crippen LogP) is 5.58. The van der Waals surface area contributed by atoms with Gasteiger partial charge in [0.05, 0.1) is 25.6 Å². The summed E-state index contributed by atoms with van der Waals surface area (Å²) in [5.74, 6) is 1.51. The molecule has 0 saturated carbocycles. The second-order valence-corrected chi connectivity index (χ2v) is 8.45. The van der Waals surface area contributed by atoms with Crippen molar-refractivity contribution in [3.63, 3.8) is 0 Å². The molecule has 29 heavy (non-hydrogen) atoms. The molecule has 0 bridgehead atoms. The normalized spacial score (nSPS) is 12.5. The van der Waals surface area contributed by atoms with Crippen LogP contribution in [0.4, 0.5) is 0 Å². The van der Waals surface area contributed by atoms with Crippen LogP contribution < -0.4 is 14.3 Å². The summed E-state index contributed by atoms with van der Waals surface area (Å²) in [7, 11) is 3.32. The smallest absolute Gasteiger partial charge is 0.206 e. The number of methoxy groups -OCH3 is 2. The number of aromatic nitrogens is 1. The Kier molecular flexibility index (Phi) is 6.92. The van der Waals surface area contributed by atoms with E-state index in [2.05, 4.69) is 35.2 Å². The van der Waals surface area contributed by atoms with Crippen LogP contribution >= 0.6 is 27.3 Å². The zero-order valence-corrected chi connectivity index (χ0v) is 19.5. The van der Waals surface area contributed by atoms with Crippen LogP contribution in [-0.2, 0) is 0 Å². The first-order chi connectivity index (χ1) is 13.9. The van der Waals surface area contributed by atoms with Crippen molar-refractivity contribution in [2.24, 2.45) is 10.1 Å². The Morgan fingerprint density at radius 2 is 1.79 bits per heavy atom. The van der Waals surface area contributed by atoms with Crippen molar-refractivity contribution >= 4 is 33.0 Å². The topological polar surface area (TPSA) is 48.1 Å². The van der Waals surface area contributed by atoms with E-state index >= 15 is 0 Å². The molecular formula is C22H24BrN3O2S. The lowest BCUT2D eigenvalue weighted by atomic mass is 10.1. The number of ether oxygens (including phenoxy) is 2. The van der Waals surface area contributed by atoms with Crippen LogP contribution in [0.2, 0.25) is 0 Å². The lowest BCUT2D eigenvalue weighted by molar-refractivity contribution is 0.404. The molecule has 0 spiro atoms. The monoisotopic (exact) mass is 473 g/mol. The van der Waals surface area contributed by atoms with Gasteiger partial charge in [0.2, 0.25) is 4.80 Å². The Balaban J connectivity index is 2.22. The number of thiazole rings is 1. The molecule has 0 radical (unpaired) electrons. The van der Waals surface area contributed by atoms with Gasteiger partial charge >= 0.3 is 0 Å². The van der Waals surface area contributed by atoms with E-state index in [4.69, 9.17) is 19.6 Å². The molecule has 1 heterocycles. The molecular weight excluding hydrogens is 450 g/mol. The molecule has 0 saturated heterocycles. The standard InChI is InChI=1S/C22H24BrN3O2S/c1-14(2)24-22-26(25-15(3)16-6-8-17(23)9-7-16)20(13-29-22)19-12-18(27-4)10-11-21(19)28-5/h6-14H,1-5H3. The summed E-state index contributed by atoms with van der Waals surface area (Å²) < 4.78 is 13.9. The molecule has 0 amide bonds.